The summed E-state index contributed by atoms with van der Waals surface area (Å²) < 4.78 is 18.3. The molecule has 2 aromatic rings. The predicted molar refractivity (Wildman–Crippen MR) is 99.3 cm³/mol. The molecule has 1 N–H and O–H groups in total. The summed E-state index contributed by atoms with van der Waals surface area (Å²) in [6, 6.07) is 11.8. The fourth-order valence-corrected chi connectivity index (χ4v) is 2.34. The maximum atomic E-state index is 13.4. The number of carbonyl (C=O) groups excluding carboxylic acids is 2. The molecule has 6 heteroatoms. The summed E-state index contributed by atoms with van der Waals surface area (Å²) in [7, 11) is 0. The van der Waals surface area contributed by atoms with Crippen LogP contribution in [0, 0.1) is 12.7 Å². The van der Waals surface area contributed by atoms with Gasteiger partial charge in [0.15, 0.2) is 6.61 Å². The van der Waals surface area contributed by atoms with E-state index in [1.165, 1.54) is 12.1 Å². The van der Waals surface area contributed by atoms with Gasteiger partial charge in [0, 0.05) is 17.6 Å². The van der Waals surface area contributed by atoms with Crippen LogP contribution in [0.15, 0.2) is 48.5 Å². The minimum Gasteiger partial charge on any atom is -0.452 e. The number of nitrogens with one attached hydrogen (secondary N) is 1. The number of benzene rings is 2. The number of amides is 1. The molecule has 0 aliphatic heterocycles. The number of carbonyl (C=O) groups is 2. The highest BCUT2D eigenvalue weighted by Gasteiger charge is 2.06. The van der Waals surface area contributed by atoms with Crippen LogP contribution in [-0.2, 0) is 20.7 Å². The van der Waals surface area contributed by atoms with Crippen molar-refractivity contribution in [3.8, 4) is 0 Å². The quantitative estimate of drug-likeness (QED) is 0.593. The Labute approximate surface area is 156 Å². The zero-order valence-electron chi connectivity index (χ0n) is 14.3. The largest absolute Gasteiger partial charge is 0.452 e. The first-order chi connectivity index (χ1) is 12.5. The van der Waals surface area contributed by atoms with Gasteiger partial charge < -0.3 is 10.1 Å². The van der Waals surface area contributed by atoms with E-state index in [2.05, 4.69) is 5.32 Å². The first-order valence-corrected chi connectivity index (χ1v) is 8.44. The summed E-state index contributed by atoms with van der Waals surface area (Å²) in [5, 5.41) is 3.18. The van der Waals surface area contributed by atoms with Crippen molar-refractivity contribution in [1.29, 1.82) is 0 Å². The monoisotopic (exact) mass is 375 g/mol. The Morgan fingerprint density at radius 1 is 1.23 bits per heavy atom. The summed E-state index contributed by atoms with van der Waals surface area (Å²) >= 11 is 6.01. The SMILES string of the molecule is Cc1ccc(/C=C/C(=O)OCC(=O)NCCc2ccccc2F)cc1Cl. The van der Waals surface area contributed by atoms with E-state index in [1.54, 1.807) is 30.3 Å². The molecule has 0 atom stereocenters. The molecule has 0 spiro atoms. The summed E-state index contributed by atoms with van der Waals surface area (Å²) in [6.45, 7) is 1.75. The van der Waals surface area contributed by atoms with Gasteiger partial charge in [-0.05, 0) is 48.2 Å². The highest BCUT2D eigenvalue weighted by atomic mass is 35.5. The van der Waals surface area contributed by atoms with E-state index in [0.29, 0.717) is 17.0 Å². The van der Waals surface area contributed by atoms with Crippen molar-refractivity contribution >= 4 is 29.6 Å². The van der Waals surface area contributed by atoms with Crippen molar-refractivity contribution < 1.29 is 18.7 Å². The van der Waals surface area contributed by atoms with Crippen molar-refractivity contribution in [2.24, 2.45) is 0 Å². The molecule has 2 rings (SSSR count). The van der Waals surface area contributed by atoms with Gasteiger partial charge >= 0.3 is 5.97 Å². The average molecular weight is 376 g/mol. The van der Waals surface area contributed by atoms with E-state index in [0.717, 1.165) is 11.1 Å². The number of aryl methyl sites for hydroxylation is 1. The number of halogens is 2. The molecule has 0 heterocycles. The highest BCUT2D eigenvalue weighted by Crippen LogP contribution is 2.17. The normalized spacial score (nSPS) is 10.7. The maximum absolute atomic E-state index is 13.4. The number of hydrogen-bond acceptors (Lipinski definition) is 3. The molecule has 26 heavy (non-hydrogen) atoms. The average Bonchev–Trinajstić information content (AvgIpc) is 2.62. The van der Waals surface area contributed by atoms with Crippen molar-refractivity contribution in [3.63, 3.8) is 0 Å². The second-order valence-corrected chi connectivity index (χ2v) is 6.05. The van der Waals surface area contributed by atoms with Crippen LogP contribution >= 0.6 is 11.6 Å². The van der Waals surface area contributed by atoms with E-state index in [-0.39, 0.29) is 12.4 Å². The topological polar surface area (TPSA) is 55.4 Å². The van der Waals surface area contributed by atoms with Crippen LogP contribution in [0.25, 0.3) is 6.08 Å². The van der Waals surface area contributed by atoms with Crippen molar-refractivity contribution in [1.82, 2.24) is 5.32 Å². The van der Waals surface area contributed by atoms with Gasteiger partial charge in [0.2, 0.25) is 0 Å². The van der Waals surface area contributed by atoms with Gasteiger partial charge in [-0.3, -0.25) is 4.79 Å². The Morgan fingerprint density at radius 3 is 2.73 bits per heavy atom. The molecule has 0 aromatic heterocycles. The zero-order valence-corrected chi connectivity index (χ0v) is 15.1. The van der Waals surface area contributed by atoms with Gasteiger partial charge in [-0.1, -0.05) is 41.9 Å². The lowest BCUT2D eigenvalue weighted by Gasteiger charge is -2.06. The molecule has 0 fully saturated rings. The van der Waals surface area contributed by atoms with Gasteiger partial charge in [-0.15, -0.1) is 0 Å². The predicted octanol–water partition coefficient (Wildman–Crippen LogP) is 3.70. The zero-order chi connectivity index (χ0) is 18.9. The lowest BCUT2D eigenvalue weighted by molar-refractivity contribution is -0.143. The molecule has 0 radical (unpaired) electrons. The molecule has 0 bridgehead atoms. The third-order valence-corrected chi connectivity index (χ3v) is 4.03. The molecule has 1 amide bonds. The highest BCUT2D eigenvalue weighted by molar-refractivity contribution is 6.31. The fourth-order valence-electron chi connectivity index (χ4n) is 2.15. The minimum absolute atomic E-state index is 0.259. The lowest BCUT2D eigenvalue weighted by atomic mass is 10.1. The molecule has 0 unspecified atom stereocenters. The van der Waals surface area contributed by atoms with Crippen LogP contribution in [0.4, 0.5) is 4.39 Å². The van der Waals surface area contributed by atoms with E-state index in [9.17, 15) is 14.0 Å². The standard InChI is InChI=1S/C20H19ClFNO3/c1-14-6-7-15(12-17(14)21)8-9-20(25)26-13-19(24)23-11-10-16-4-2-3-5-18(16)22/h2-9,12H,10-11,13H2,1H3,(H,23,24)/b9-8+. The van der Waals surface area contributed by atoms with Gasteiger partial charge in [-0.2, -0.15) is 0 Å². The fraction of sp³-hybridized carbons (Fsp3) is 0.200. The van der Waals surface area contributed by atoms with Crippen LogP contribution in [0.5, 0.6) is 0 Å². The lowest BCUT2D eigenvalue weighted by Crippen LogP contribution is -2.30. The van der Waals surface area contributed by atoms with Gasteiger partial charge in [-0.25, -0.2) is 9.18 Å². The Bertz CT molecular complexity index is 820. The minimum atomic E-state index is -0.633. The summed E-state index contributed by atoms with van der Waals surface area (Å²) in [4.78, 5) is 23.3. The molecule has 0 saturated carbocycles. The molecular formula is C20H19ClFNO3. The molecule has 0 aliphatic rings. The summed E-state index contributed by atoms with van der Waals surface area (Å²) in [5.41, 5.74) is 2.22. The van der Waals surface area contributed by atoms with Gasteiger partial charge in [0.1, 0.15) is 5.82 Å². The first-order valence-electron chi connectivity index (χ1n) is 8.07. The van der Waals surface area contributed by atoms with Crippen molar-refractivity contribution in [2.45, 2.75) is 13.3 Å². The number of esters is 1. The van der Waals surface area contributed by atoms with Crippen LogP contribution < -0.4 is 5.32 Å². The molecule has 2 aromatic carbocycles. The Balaban J connectivity index is 1.71. The second kappa shape index (κ2) is 9.73. The molecule has 0 saturated heterocycles. The van der Waals surface area contributed by atoms with Crippen molar-refractivity contribution in [2.75, 3.05) is 13.2 Å². The molecular weight excluding hydrogens is 357 g/mol. The third-order valence-electron chi connectivity index (χ3n) is 3.63. The van der Waals surface area contributed by atoms with Crippen LogP contribution in [-0.4, -0.2) is 25.0 Å². The van der Waals surface area contributed by atoms with Gasteiger partial charge in [0.05, 0.1) is 0 Å². The van der Waals surface area contributed by atoms with E-state index < -0.39 is 18.5 Å². The Kier molecular flexibility index (Phi) is 7.36. The molecule has 4 nitrogen and oxygen atoms in total. The Hall–Kier alpha value is -2.66. The second-order valence-electron chi connectivity index (χ2n) is 5.64. The van der Waals surface area contributed by atoms with Crippen LogP contribution in [0.2, 0.25) is 5.02 Å². The molecule has 136 valence electrons. The number of rotatable bonds is 7. The number of ether oxygens (including phenoxy) is 1. The van der Waals surface area contributed by atoms with E-state index in [4.69, 9.17) is 16.3 Å². The smallest absolute Gasteiger partial charge is 0.331 e. The first kappa shape index (κ1) is 19.7. The maximum Gasteiger partial charge on any atom is 0.331 e. The van der Waals surface area contributed by atoms with E-state index >= 15 is 0 Å². The summed E-state index contributed by atoms with van der Waals surface area (Å²) in [5.74, 6) is -1.39. The molecule has 0 aliphatic carbocycles. The van der Waals surface area contributed by atoms with Crippen LogP contribution in [0.3, 0.4) is 0 Å². The Morgan fingerprint density at radius 2 is 2.00 bits per heavy atom. The number of hydrogen-bond donors (Lipinski definition) is 1. The van der Waals surface area contributed by atoms with E-state index in [1.807, 2.05) is 19.1 Å². The van der Waals surface area contributed by atoms with Crippen LogP contribution in [0.1, 0.15) is 16.7 Å². The third kappa shape index (κ3) is 6.33. The van der Waals surface area contributed by atoms with Gasteiger partial charge in [0.25, 0.3) is 5.91 Å². The van der Waals surface area contributed by atoms with Crippen molar-refractivity contribution in [3.05, 3.63) is 76.1 Å². The summed E-state index contributed by atoms with van der Waals surface area (Å²) in [6.07, 6.45) is 3.15.